The second kappa shape index (κ2) is 9.71. The van der Waals surface area contributed by atoms with Crippen molar-refractivity contribution >= 4 is 46.0 Å². The maximum Gasteiger partial charge on any atom is 0.238 e. The van der Waals surface area contributed by atoms with Gasteiger partial charge < -0.3 is 15.0 Å². The van der Waals surface area contributed by atoms with Gasteiger partial charge in [-0.1, -0.05) is 66.2 Å². The third-order valence-electron chi connectivity index (χ3n) is 8.92. The molecule has 1 spiro atoms. The van der Waals surface area contributed by atoms with Crippen LogP contribution < -0.4 is 15.0 Å². The first-order valence-electron chi connectivity index (χ1n) is 13.8. The minimum atomic E-state index is -1.37. The quantitative estimate of drug-likeness (QED) is 0.272. The molecule has 3 aliphatic rings. The molecule has 1 amide bonds. The van der Waals surface area contributed by atoms with Crippen LogP contribution in [0.2, 0.25) is 5.02 Å². The van der Waals surface area contributed by atoms with Gasteiger partial charge in [0.15, 0.2) is 11.6 Å². The Morgan fingerprint density at radius 1 is 0.881 bits per heavy atom. The van der Waals surface area contributed by atoms with Gasteiger partial charge >= 0.3 is 0 Å². The molecule has 0 radical (unpaired) electrons. The van der Waals surface area contributed by atoms with Crippen molar-refractivity contribution in [1.29, 1.82) is 0 Å². The first-order chi connectivity index (χ1) is 20.4. The van der Waals surface area contributed by atoms with Gasteiger partial charge in [-0.15, -0.1) is 0 Å². The van der Waals surface area contributed by atoms with Crippen molar-refractivity contribution in [2.75, 3.05) is 17.3 Å². The van der Waals surface area contributed by atoms with Crippen LogP contribution in [0.1, 0.15) is 38.8 Å². The molecule has 3 heterocycles. The van der Waals surface area contributed by atoms with Crippen molar-refractivity contribution in [3.8, 4) is 5.75 Å². The molecule has 0 aromatic heterocycles. The number of methoxy groups -OCH3 is 1. The summed E-state index contributed by atoms with van der Waals surface area (Å²) in [6.07, 6.45) is 2.05. The lowest BCUT2D eigenvalue weighted by Crippen LogP contribution is -2.51. The van der Waals surface area contributed by atoms with Crippen LogP contribution in [-0.4, -0.2) is 36.7 Å². The Kier molecular flexibility index (Phi) is 6.06. The van der Waals surface area contributed by atoms with Crippen molar-refractivity contribution in [3.05, 3.63) is 130 Å². The molecule has 0 saturated carbocycles. The molecule has 4 aromatic rings. The number of carbonyl (C=O) groups excluding carboxylic acids is 3. The highest BCUT2D eigenvalue weighted by atomic mass is 35.5. The summed E-state index contributed by atoms with van der Waals surface area (Å²) in [4.78, 5) is 46.1. The fourth-order valence-corrected chi connectivity index (χ4v) is 7.25. The molecule has 3 aliphatic heterocycles. The van der Waals surface area contributed by atoms with Gasteiger partial charge in [-0.3, -0.25) is 14.4 Å². The van der Waals surface area contributed by atoms with Gasteiger partial charge in [0.05, 0.1) is 19.1 Å². The Morgan fingerprint density at radius 2 is 1.62 bits per heavy atom. The van der Waals surface area contributed by atoms with Crippen LogP contribution in [0.4, 0.5) is 11.4 Å². The summed E-state index contributed by atoms with van der Waals surface area (Å²) in [5, 5.41) is 3.56. The number of nitrogens with zero attached hydrogens (tertiary/aromatic N) is 1. The van der Waals surface area contributed by atoms with Gasteiger partial charge in [-0.05, 0) is 66.6 Å². The maximum absolute atomic E-state index is 14.8. The number of hydrogen-bond donors (Lipinski definition) is 1. The number of ether oxygens (including phenoxy) is 1. The largest absolute Gasteiger partial charge is 0.497 e. The fraction of sp³-hybridized carbons (Fsp3) is 0.171. The number of carbonyl (C=O) groups is 3. The number of nitrogens with one attached hydrogen (secondary N) is 1. The van der Waals surface area contributed by atoms with Gasteiger partial charge in [0, 0.05) is 33.1 Å². The monoisotopic (exact) mass is 574 g/mol. The number of allylic oxidation sites excluding steroid dienone is 1. The van der Waals surface area contributed by atoms with Crippen LogP contribution in [-0.2, 0) is 10.2 Å². The predicted molar refractivity (Wildman–Crippen MR) is 163 cm³/mol. The van der Waals surface area contributed by atoms with E-state index in [1.807, 2.05) is 66.4 Å². The number of hydrogen-bond acceptors (Lipinski definition) is 5. The van der Waals surface area contributed by atoms with E-state index in [1.165, 1.54) is 0 Å². The van der Waals surface area contributed by atoms with Crippen LogP contribution in [0.5, 0.6) is 5.75 Å². The maximum atomic E-state index is 14.8. The van der Waals surface area contributed by atoms with Gasteiger partial charge in [0.2, 0.25) is 5.91 Å². The van der Waals surface area contributed by atoms with E-state index in [0.717, 1.165) is 16.8 Å². The van der Waals surface area contributed by atoms with E-state index < -0.39 is 23.4 Å². The molecule has 1 N–H and O–H groups in total. The SMILES string of the molecule is COc1cccc(C(=O)[C@H]2[C@@H](C(=O)c3ccc(Cl)cc3)[C@@]3(C(=O)Nc4ccccc43)[C@@H]3C=C(C)c4ccccc4N32)c1. The van der Waals surface area contributed by atoms with Crippen molar-refractivity contribution in [2.24, 2.45) is 5.92 Å². The smallest absolute Gasteiger partial charge is 0.238 e. The minimum Gasteiger partial charge on any atom is -0.497 e. The molecule has 0 unspecified atom stereocenters. The standard InChI is InChI=1S/C35H27ClN2O4/c1-20-18-29-35(26-11-4-5-12-27(26)37-34(35)41)30(32(39)21-14-16-23(36)17-15-21)31(38(29)28-13-6-3-10-25(20)28)33(40)22-8-7-9-24(19-22)42-2/h3-19,29-31H,1-2H3,(H,37,41)/t29-,30-,31+,35-/m0/s1. The van der Waals surface area contributed by atoms with Gasteiger partial charge in [-0.25, -0.2) is 0 Å². The topological polar surface area (TPSA) is 75.7 Å². The van der Waals surface area contributed by atoms with Crippen LogP contribution >= 0.6 is 11.6 Å². The van der Waals surface area contributed by atoms with E-state index >= 15 is 0 Å². The number of ketones is 2. The molecule has 4 aromatic carbocycles. The van der Waals surface area contributed by atoms with Crippen molar-refractivity contribution < 1.29 is 19.1 Å². The molecular formula is C35H27ClN2O4. The van der Waals surface area contributed by atoms with E-state index in [2.05, 4.69) is 5.32 Å². The highest BCUT2D eigenvalue weighted by Crippen LogP contribution is 2.58. The summed E-state index contributed by atoms with van der Waals surface area (Å²) >= 11 is 6.19. The van der Waals surface area contributed by atoms with Crippen molar-refractivity contribution in [1.82, 2.24) is 0 Å². The van der Waals surface area contributed by atoms with Crippen LogP contribution in [0, 0.1) is 5.92 Å². The number of Topliss-reactive ketones (excluding diaryl/α,β-unsaturated/α-hetero) is 2. The number of benzene rings is 4. The van der Waals surface area contributed by atoms with Crippen molar-refractivity contribution in [3.63, 3.8) is 0 Å². The third kappa shape index (κ3) is 3.61. The zero-order chi connectivity index (χ0) is 29.2. The lowest BCUT2D eigenvalue weighted by molar-refractivity contribution is -0.121. The summed E-state index contributed by atoms with van der Waals surface area (Å²) in [6, 6.07) is 27.3. The molecule has 7 heteroatoms. The van der Waals surface area contributed by atoms with Crippen LogP contribution in [0.15, 0.2) is 103 Å². The van der Waals surface area contributed by atoms with Crippen LogP contribution in [0.25, 0.3) is 5.57 Å². The average Bonchev–Trinajstić information content (AvgIpc) is 3.49. The number of halogens is 1. The Labute approximate surface area is 248 Å². The highest BCUT2D eigenvalue weighted by molar-refractivity contribution is 6.30. The van der Waals surface area contributed by atoms with E-state index in [-0.39, 0.29) is 17.5 Å². The van der Waals surface area contributed by atoms with Gasteiger partial charge in [0.1, 0.15) is 17.2 Å². The van der Waals surface area contributed by atoms with E-state index in [9.17, 15) is 14.4 Å². The van der Waals surface area contributed by atoms with Crippen molar-refractivity contribution in [2.45, 2.75) is 24.4 Å². The van der Waals surface area contributed by atoms with Gasteiger partial charge in [-0.2, -0.15) is 0 Å². The van der Waals surface area contributed by atoms with E-state index in [0.29, 0.717) is 33.1 Å². The normalized spacial score (nSPS) is 23.5. The Hall–Kier alpha value is -4.68. The number of anilines is 2. The Bertz CT molecular complexity index is 1810. The molecule has 7 rings (SSSR count). The number of amides is 1. The summed E-state index contributed by atoms with van der Waals surface area (Å²) in [7, 11) is 1.55. The lowest BCUT2D eigenvalue weighted by Gasteiger charge is -2.39. The average molecular weight is 575 g/mol. The molecule has 1 saturated heterocycles. The summed E-state index contributed by atoms with van der Waals surface area (Å²) in [6.45, 7) is 2.01. The number of fused-ring (bicyclic) bond motifs is 6. The second-order valence-electron chi connectivity index (χ2n) is 11.0. The molecule has 0 bridgehead atoms. The summed E-state index contributed by atoms with van der Waals surface area (Å²) in [5.74, 6) is -1.37. The third-order valence-corrected chi connectivity index (χ3v) is 9.17. The van der Waals surface area contributed by atoms with Gasteiger partial charge in [0.25, 0.3) is 0 Å². The summed E-state index contributed by atoms with van der Waals surface area (Å²) in [5.41, 5.74) is 3.53. The predicted octanol–water partition coefficient (Wildman–Crippen LogP) is 6.59. The molecule has 4 atom stereocenters. The summed E-state index contributed by atoms with van der Waals surface area (Å²) < 4.78 is 5.44. The fourth-order valence-electron chi connectivity index (χ4n) is 7.13. The minimum absolute atomic E-state index is 0.261. The first-order valence-corrected chi connectivity index (χ1v) is 14.2. The first kappa shape index (κ1) is 26.2. The molecule has 6 nitrogen and oxygen atoms in total. The lowest BCUT2D eigenvalue weighted by atomic mass is 9.64. The number of rotatable bonds is 5. The molecular weight excluding hydrogens is 548 g/mol. The zero-order valence-corrected chi connectivity index (χ0v) is 23.8. The Balaban J connectivity index is 1.55. The highest BCUT2D eigenvalue weighted by Gasteiger charge is 2.70. The van der Waals surface area contributed by atoms with Crippen LogP contribution in [0.3, 0.4) is 0 Å². The molecule has 208 valence electrons. The Morgan fingerprint density at radius 3 is 2.40 bits per heavy atom. The van der Waals surface area contributed by atoms with E-state index in [4.69, 9.17) is 16.3 Å². The second-order valence-corrected chi connectivity index (χ2v) is 11.4. The number of para-hydroxylation sites is 2. The molecule has 42 heavy (non-hydrogen) atoms. The molecule has 0 aliphatic carbocycles. The van der Waals surface area contributed by atoms with E-state index in [1.54, 1.807) is 55.6 Å². The zero-order valence-electron chi connectivity index (χ0n) is 23.0. The molecule has 1 fully saturated rings.